The number of methoxy groups -OCH3 is 1. The predicted octanol–water partition coefficient (Wildman–Crippen LogP) is 4.40. The maximum atomic E-state index is 13.1. The molecule has 1 N–H and O–H groups in total. The Kier molecular flexibility index (Phi) is 8.24. The van der Waals surface area contributed by atoms with Crippen molar-refractivity contribution >= 4 is 23.1 Å². The van der Waals surface area contributed by atoms with Gasteiger partial charge in [-0.2, -0.15) is 0 Å². The zero-order valence-corrected chi connectivity index (χ0v) is 20.3. The molecule has 1 atom stereocenters. The van der Waals surface area contributed by atoms with E-state index in [1.807, 2.05) is 20.8 Å². The first kappa shape index (κ1) is 25.9. The van der Waals surface area contributed by atoms with Crippen LogP contribution in [0.3, 0.4) is 0 Å². The molecule has 0 unspecified atom stereocenters. The molecule has 35 heavy (non-hydrogen) atoms. The van der Waals surface area contributed by atoms with Gasteiger partial charge in [-0.15, -0.1) is 0 Å². The number of rotatable bonds is 10. The second kappa shape index (κ2) is 11.1. The topological polar surface area (TPSA) is 119 Å². The minimum Gasteiger partial charge on any atom is -0.507 e. The summed E-state index contributed by atoms with van der Waals surface area (Å²) in [6, 6.07) is 9.81. The number of nitro groups is 1. The number of ether oxygens (including phenoxy) is 2. The molecule has 0 aromatic heterocycles. The van der Waals surface area contributed by atoms with Gasteiger partial charge in [0.15, 0.2) is 0 Å². The van der Waals surface area contributed by atoms with Crippen molar-refractivity contribution in [2.45, 2.75) is 33.2 Å². The summed E-state index contributed by atoms with van der Waals surface area (Å²) in [6.45, 7) is 6.98. The van der Waals surface area contributed by atoms with Gasteiger partial charge in [-0.25, -0.2) is 0 Å². The number of hydrogen-bond acceptors (Lipinski definition) is 7. The van der Waals surface area contributed by atoms with Gasteiger partial charge in [-0.3, -0.25) is 19.7 Å². The highest BCUT2D eigenvalue weighted by Gasteiger charge is 2.46. The maximum absolute atomic E-state index is 13.1. The number of likely N-dealkylation sites (tertiary alicyclic amines) is 1. The molecule has 1 aliphatic rings. The van der Waals surface area contributed by atoms with Crippen LogP contribution in [0.2, 0.25) is 0 Å². The molecule has 2 aromatic rings. The first-order valence-corrected chi connectivity index (χ1v) is 11.4. The van der Waals surface area contributed by atoms with Gasteiger partial charge < -0.3 is 19.5 Å². The van der Waals surface area contributed by atoms with Crippen molar-refractivity contribution in [3.05, 3.63) is 74.8 Å². The molecule has 9 heteroatoms. The Morgan fingerprint density at radius 2 is 1.94 bits per heavy atom. The Morgan fingerprint density at radius 1 is 1.20 bits per heavy atom. The number of Topliss-reactive ketones (excluding diaryl/α,β-unsaturated/α-hetero) is 1. The number of benzene rings is 2. The van der Waals surface area contributed by atoms with E-state index < -0.39 is 22.7 Å². The summed E-state index contributed by atoms with van der Waals surface area (Å²) >= 11 is 0. The van der Waals surface area contributed by atoms with Crippen LogP contribution >= 0.6 is 0 Å². The Hall–Kier alpha value is -3.72. The number of nitro benzene ring substituents is 1. The Morgan fingerprint density at radius 3 is 2.57 bits per heavy atom. The average Bonchev–Trinajstić information content (AvgIpc) is 3.08. The number of carbonyl (C=O) groups excluding carboxylic acids is 2. The van der Waals surface area contributed by atoms with Crippen molar-refractivity contribution in [3.8, 4) is 5.75 Å². The number of aliphatic hydroxyl groups is 1. The van der Waals surface area contributed by atoms with Crippen LogP contribution in [0.25, 0.3) is 5.76 Å². The van der Waals surface area contributed by atoms with Crippen molar-refractivity contribution in [3.63, 3.8) is 0 Å². The lowest BCUT2D eigenvalue weighted by Gasteiger charge is -2.25. The number of carbonyl (C=O) groups is 2. The molecule has 0 bridgehead atoms. The number of amides is 1. The molecule has 9 nitrogen and oxygen atoms in total. The summed E-state index contributed by atoms with van der Waals surface area (Å²) in [5, 5.41) is 22.6. The van der Waals surface area contributed by atoms with Gasteiger partial charge in [-0.05, 0) is 48.6 Å². The standard InChI is InChI=1S/C26H30N2O7/c1-16(2)15-35-21-10-9-19(13-17(21)3)24(29)22-23(18-7-5-8-20(14-18)28(32)33)27(11-6-12-34-4)26(31)25(22)30/h5,7-10,13-14,16,23,29H,6,11-12,15H2,1-4H3/b24-22+/t23-/m1/s1. The van der Waals surface area contributed by atoms with Gasteiger partial charge in [-0.1, -0.05) is 26.0 Å². The van der Waals surface area contributed by atoms with E-state index in [2.05, 4.69) is 0 Å². The third kappa shape index (κ3) is 5.68. The molecule has 1 heterocycles. The largest absolute Gasteiger partial charge is 0.507 e. The highest BCUT2D eigenvalue weighted by molar-refractivity contribution is 6.46. The van der Waals surface area contributed by atoms with E-state index >= 15 is 0 Å². The third-order valence-electron chi connectivity index (χ3n) is 5.70. The SMILES string of the molecule is COCCCN1C(=O)C(=O)/C(=C(/O)c2ccc(OCC(C)C)c(C)c2)[C@H]1c1cccc([N+](=O)[O-])c1. The Bertz CT molecular complexity index is 1160. The second-order valence-electron chi connectivity index (χ2n) is 8.88. The normalized spacial score (nSPS) is 17.3. The number of hydrogen-bond donors (Lipinski definition) is 1. The van der Waals surface area contributed by atoms with Crippen LogP contribution in [0, 0.1) is 23.0 Å². The van der Waals surface area contributed by atoms with E-state index in [1.54, 1.807) is 24.3 Å². The van der Waals surface area contributed by atoms with Crippen molar-refractivity contribution in [1.29, 1.82) is 0 Å². The number of ketones is 1. The lowest BCUT2D eigenvalue weighted by molar-refractivity contribution is -0.384. The fourth-order valence-electron chi connectivity index (χ4n) is 4.02. The molecular formula is C26H30N2O7. The van der Waals surface area contributed by atoms with Crippen LogP contribution < -0.4 is 4.74 Å². The number of non-ortho nitro benzene ring substituents is 1. The summed E-state index contributed by atoms with van der Waals surface area (Å²) in [4.78, 5) is 38.2. The smallest absolute Gasteiger partial charge is 0.295 e. The molecule has 2 aromatic carbocycles. The summed E-state index contributed by atoms with van der Waals surface area (Å²) in [5.74, 6) is -0.952. The van der Waals surface area contributed by atoms with Crippen molar-refractivity contribution in [2.24, 2.45) is 5.92 Å². The average molecular weight is 483 g/mol. The summed E-state index contributed by atoms with van der Waals surface area (Å²) in [6.07, 6.45) is 0.454. The number of aliphatic hydroxyl groups excluding tert-OH is 1. The fourth-order valence-corrected chi connectivity index (χ4v) is 4.02. The first-order valence-electron chi connectivity index (χ1n) is 11.4. The summed E-state index contributed by atoms with van der Waals surface area (Å²) in [5.41, 5.74) is 1.20. The van der Waals surface area contributed by atoms with E-state index in [9.17, 15) is 24.8 Å². The Balaban J connectivity index is 2.10. The minimum absolute atomic E-state index is 0.108. The van der Waals surface area contributed by atoms with Gasteiger partial charge in [0, 0.05) is 38.0 Å². The molecule has 3 rings (SSSR count). The molecule has 0 aliphatic carbocycles. The molecule has 1 aliphatic heterocycles. The molecular weight excluding hydrogens is 452 g/mol. The van der Waals surface area contributed by atoms with Crippen LogP contribution in [0.1, 0.15) is 43.0 Å². The highest BCUT2D eigenvalue weighted by atomic mass is 16.6. The highest BCUT2D eigenvalue weighted by Crippen LogP contribution is 2.40. The molecule has 186 valence electrons. The van der Waals surface area contributed by atoms with Gasteiger partial charge in [0.05, 0.1) is 23.1 Å². The van der Waals surface area contributed by atoms with E-state index in [0.717, 1.165) is 5.56 Å². The molecule has 0 saturated carbocycles. The number of nitrogens with zero attached hydrogens (tertiary/aromatic N) is 2. The van der Waals surface area contributed by atoms with Crippen molar-refractivity contribution in [2.75, 3.05) is 26.9 Å². The lowest BCUT2D eigenvalue weighted by Crippen LogP contribution is -2.31. The predicted molar refractivity (Wildman–Crippen MR) is 130 cm³/mol. The fraction of sp³-hybridized carbons (Fsp3) is 0.385. The van der Waals surface area contributed by atoms with E-state index in [4.69, 9.17) is 9.47 Å². The van der Waals surface area contributed by atoms with Gasteiger partial charge in [0.1, 0.15) is 11.5 Å². The second-order valence-corrected chi connectivity index (χ2v) is 8.88. The van der Waals surface area contributed by atoms with Gasteiger partial charge in [0.25, 0.3) is 17.4 Å². The van der Waals surface area contributed by atoms with Crippen molar-refractivity contribution < 1.29 is 29.1 Å². The van der Waals surface area contributed by atoms with Crippen LogP contribution in [-0.2, 0) is 14.3 Å². The van der Waals surface area contributed by atoms with Crippen LogP contribution in [0.4, 0.5) is 5.69 Å². The van der Waals surface area contributed by atoms with Crippen LogP contribution in [-0.4, -0.2) is 53.5 Å². The lowest BCUT2D eigenvalue weighted by atomic mass is 9.94. The van der Waals surface area contributed by atoms with Crippen LogP contribution in [0.5, 0.6) is 5.75 Å². The zero-order chi connectivity index (χ0) is 25.7. The van der Waals surface area contributed by atoms with E-state index in [1.165, 1.54) is 30.2 Å². The molecule has 0 spiro atoms. The monoisotopic (exact) mass is 482 g/mol. The van der Waals surface area contributed by atoms with Gasteiger partial charge in [0.2, 0.25) is 0 Å². The van der Waals surface area contributed by atoms with E-state index in [0.29, 0.717) is 42.4 Å². The quantitative estimate of drug-likeness (QED) is 0.133. The zero-order valence-electron chi connectivity index (χ0n) is 20.3. The summed E-state index contributed by atoms with van der Waals surface area (Å²) < 4.78 is 10.9. The number of aryl methyl sites for hydroxylation is 1. The summed E-state index contributed by atoms with van der Waals surface area (Å²) in [7, 11) is 1.53. The van der Waals surface area contributed by atoms with Crippen LogP contribution in [0.15, 0.2) is 48.0 Å². The third-order valence-corrected chi connectivity index (χ3v) is 5.70. The minimum atomic E-state index is -0.969. The first-order chi connectivity index (χ1) is 16.6. The van der Waals surface area contributed by atoms with Gasteiger partial charge >= 0.3 is 0 Å². The Labute approximate surface area is 204 Å². The molecule has 1 amide bonds. The van der Waals surface area contributed by atoms with Crippen molar-refractivity contribution in [1.82, 2.24) is 4.90 Å². The molecule has 0 radical (unpaired) electrons. The van der Waals surface area contributed by atoms with E-state index in [-0.39, 0.29) is 23.6 Å². The molecule has 1 saturated heterocycles. The molecule has 1 fully saturated rings. The maximum Gasteiger partial charge on any atom is 0.295 e.